The van der Waals surface area contributed by atoms with E-state index in [4.69, 9.17) is 4.74 Å². The summed E-state index contributed by atoms with van der Waals surface area (Å²) in [5.41, 5.74) is 2.07. The molecule has 1 unspecified atom stereocenters. The maximum atomic E-state index is 15.0. The fourth-order valence-corrected chi connectivity index (χ4v) is 6.27. The Labute approximate surface area is 264 Å². The van der Waals surface area contributed by atoms with Crippen LogP contribution in [0, 0.1) is 12.7 Å². The molecule has 0 heterocycles. The Balaban J connectivity index is 1.81. The van der Waals surface area contributed by atoms with Crippen molar-refractivity contribution >= 4 is 27.5 Å². The summed E-state index contributed by atoms with van der Waals surface area (Å²) in [7, 11) is -2.76. The normalized spacial score (nSPS) is 12.0. The Morgan fingerprint density at radius 1 is 0.867 bits per heavy atom. The lowest BCUT2D eigenvalue weighted by atomic mass is 10.0. The highest BCUT2D eigenvalue weighted by Gasteiger charge is 2.35. The van der Waals surface area contributed by atoms with E-state index in [2.05, 4.69) is 5.32 Å². The minimum atomic E-state index is -4.25. The number of halogens is 1. The van der Waals surface area contributed by atoms with Crippen molar-refractivity contribution in [3.63, 3.8) is 0 Å². The second-order valence-corrected chi connectivity index (χ2v) is 12.9. The standard InChI is InChI=1S/C35H38FN3O5S/c1-25(2)37-35(41)33(22-27-10-6-5-7-11-27)38(23-28-12-8-9-13-32(28)36)34(40)24-39(29-16-18-30(44-4)19-17-29)45(42,43)31-20-14-26(3)15-21-31/h5-21,25,33H,22-24H2,1-4H3,(H,37,41). The van der Waals surface area contributed by atoms with Crippen molar-refractivity contribution in [3.8, 4) is 5.75 Å². The maximum absolute atomic E-state index is 15.0. The largest absolute Gasteiger partial charge is 0.497 e. The van der Waals surface area contributed by atoms with Crippen molar-refractivity contribution in [1.82, 2.24) is 10.2 Å². The molecule has 0 aliphatic heterocycles. The number of hydrogen-bond acceptors (Lipinski definition) is 5. The van der Waals surface area contributed by atoms with E-state index in [-0.39, 0.29) is 35.2 Å². The Morgan fingerprint density at radius 2 is 1.49 bits per heavy atom. The van der Waals surface area contributed by atoms with Gasteiger partial charge in [-0.1, -0.05) is 66.2 Å². The lowest BCUT2D eigenvalue weighted by Crippen LogP contribution is -2.54. The van der Waals surface area contributed by atoms with Gasteiger partial charge in [-0.05, 0) is 68.8 Å². The summed E-state index contributed by atoms with van der Waals surface area (Å²) in [6.45, 7) is 4.56. The zero-order valence-electron chi connectivity index (χ0n) is 25.8. The number of aryl methyl sites for hydroxylation is 1. The zero-order valence-corrected chi connectivity index (χ0v) is 26.6. The van der Waals surface area contributed by atoms with Crippen LogP contribution in [0.3, 0.4) is 0 Å². The first-order valence-corrected chi connectivity index (χ1v) is 16.0. The molecule has 0 aliphatic carbocycles. The summed E-state index contributed by atoms with van der Waals surface area (Å²) in [5, 5.41) is 2.89. The van der Waals surface area contributed by atoms with Gasteiger partial charge in [0, 0.05) is 24.6 Å². The molecule has 236 valence electrons. The van der Waals surface area contributed by atoms with Gasteiger partial charge in [0.1, 0.15) is 24.2 Å². The van der Waals surface area contributed by atoms with Gasteiger partial charge >= 0.3 is 0 Å². The second kappa shape index (κ2) is 14.9. The number of amides is 2. The van der Waals surface area contributed by atoms with E-state index in [0.29, 0.717) is 5.75 Å². The minimum absolute atomic E-state index is 0.00393. The van der Waals surface area contributed by atoms with Crippen LogP contribution in [0.1, 0.15) is 30.5 Å². The molecule has 4 rings (SSSR count). The summed E-state index contributed by atoms with van der Waals surface area (Å²) in [6, 6.07) is 26.5. The van der Waals surface area contributed by atoms with E-state index in [1.54, 1.807) is 62.4 Å². The lowest BCUT2D eigenvalue weighted by Gasteiger charge is -2.34. The predicted octanol–water partition coefficient (Wildman–Crippen LogP) is 5.50. The Kier molecular flexibility index (Phi) is 11.0. The van der Waals surface area contributed by atoms with Crippen molar-refractivity contribution in [2.24, 2.45) is 0 Å². The van der Waals surface area contributed by atoms with Crippen molar-refractivity contribution in [2.45, 2.75) is 50.7 Å². The number of nitrogens with one attached hydrogen (secondary N) is 1. The van der Waals surface area contributed by atoms with Crippen LogP contribution >= 0.6 is 0 Å². The second-order valence-electron chi connectivity index (χ2n) is 11.0. The molecule has 4 aromatic rings. The van der Waals surface area contributed by atoms with Crippen LogP contribution in [0.4, 0.5) is 10.1 Å². The van der Waals surface area contributed by atoms with Crippen LogP contribution < -0.4 is 14.4 Å². The molecule has 0 spiro atoms. The van der Waals surface area contributed by atoms with Crippen molar-refractivity contribution < 1.29 is 27.1 Å². The number of carbonyl (C=O) groups is 2. The third kappa shape index (κ3) is 8.48. The van der Waals surface area contributed by atoms with E-state index >= 15 is 4.39 Å². The average molecular weight is 632 g/mol. The molecule has 0 saturated heterocycles. The highest BCUT2D eigenvalue weighted by molar-refractivity contribution is 7.92. The Bertz CT molecular complexity index is 1700. The van der Waals surface area contributed by atoms with Crippen molar-refractivity contribution in [3.05, 3.63) is 126 Å². The van der Waals surface area contributed by atoms with Crippen LogP contribution in [0.25, 0.3) is 0 Å². The van der Waals surface area contributed by atoms with Gasteiger partial charge in [-0.3, -0.25) is 13.9 Å². The molecule has 8 nitrogen and oxygen atoms in total. The smallest absolute Gasteiger partial charge is 0.264 e. The topological polar surface area (TPSA) is 96.0 Å². The Hall–Kier alpha value is -4.70. The molecule has 0 bridgehead atoms. The number of benzene rings is 4. The first-order valence-electron chi connectivity index (χ1n) is 14.6. The number of nitrogens with zero attached hydrogens (tertiary/aromatic N) is 2. The van der Waals surface area contributed by atoms with E-state index < -0.39 is 40.2 Å². The lowest BCUT2D eigenvalue weighted by molar-refractivity contribution is -0.140. The third-order valence-electron chi connectivity index (χ3n) is 7.25. The zero-order chi connectivity index (χ0) is 32.6. The van der Waals surface area contributed by atoms with Crippen LogP contribution in [-0.2, 0) is 32.6 Å². The first-order chi connectivity index (χ1) is 21.5. The molecule has 10 heteroatoms. The number of ether oxygens (including phenoxy) is 1. The van der Waals surface area contributed by atoms with Gasteiger partial charge in [0.05, 0.1) is 17.7 Å². The minimum Gasteiger partial charge on any atom is -0.497 e. The number of hydrogen-bond donors (Lipinski definition) is 1. The summed E-state index contributed by atoms with van der Waals surface area (Å²) < 4.78 is 49.4. The Morgan fingerprint density at radius 3 is 2.09 bits per heavy atom. The number of rotatable bonds is 13. The van der Waals surface area contributed by atoms with Gasteiger partial charge in [0.15, 0.2) is 0 Å². The average Bonchev–Trinajstić information content (AvgIpc) is 3.02. The molecule has 0 aromatic heterocycles. The summed E-state index contributed by atoms with van der Waals surface area (Å²) in [5.74, 6) is -1.15. The number of anilines is 1. The van der Waals surface area contributed by atoms with Crippen LogP contribution in [0.2, 0.25) is 0 Å². The molecule has 0 saturated carbocycles. The van der Waals surface area contributed by atoms with E-state index in [1.165, 1.54) is 36.3 Å². The molecule has 1 N–H and O–H groups in total. The van der Waals surface area contributed by atoms with E-state index in [0.717, 1.165) is 15.4 Å². The van der Waals surface area contributed by atoms with Gasteiger partial charge in [0.2, 0.25) is 11.8 Å². The van der Waals surface area contributed by atoms with Gasteiger partial charge in [-0.15, -0.1) is 0 Å². The van der Waals surface area contributed by atoms with Crippen molar-refractivity contribution in [1.29, 1.82) is 0 Å². The highest BCUT2D eigenvalue weighted by atomic mass is 32.2. The summed E-state index contributed by atoms with van der Waals surface area (Å²) in [6.07, 6.45) is 0.132. The van der Waals surface area contributed by atoms with Gasteiger partial charge in [-0.2, -0.15) is 0 Å². The monoisotopic (exact) mass is 631 g/mol. The first kappa shape index (κ1) is 33.2. The van der Waals surface area contributed by atoms with Gasteiger partial charge < -0.3 is 15.0 Å². The molecule has 0 fully saturated rings. The molecular formula is C35H38FN3O5S. The molecule has 2 amide bonds. The van der Waals surface area contributed by atoms with Gasteiger partial charge in [-0.25, -0.2) is 12.8 Å². The fourth-order valence-electron chi connectivity index (χ4n) is 4.86. The molecular weight excluding hydrogens is 593 g/mol. The van der Waals surface area contributed by atoms with Crippen LogP contribution in [0.5, 0.6) is 5.75 Å². The SMILES string of the molecule is COc1ccc(N(CC(=O)N(Cc2ccccc2F)C(Cc2ccccc2)C(=O)NC(C)C)S(=O)(=O)c2ccc(C)cc2)cc1. The van der Waals surface area contributed by atoms with Crippen molar-refractivity contribution in [2.75, 3.05) is 18.0 Å². The molecule has 0 radical (unpaired) electrons. The van der Waals surface area contributed by atoms with E-state index in [1.807, 2.05) is 37.3 Å². The number of sulfonamides is 1. The maximum Gasteiger partial charge on any atom is 0.264 e. The fraction of sp³-hybridized carbons (Fsp3) is 0.257. The number of carbonyl (C=O) groups excluding carboxylic acids is 2. The van der Waals surface area contributed by atoms with E-state index in [9.17, 15) is 18.0 Å². The molecule has 1 atom stereocenters. The third-order valence-corrected chi connectivity index (χ3v) is 9.04. The number of methoxy groups -OCH3 is 1. The molecule has 0 aliphatic rings. The summed E-state index contributed by atoms with van der Waals surface area (Å²) in [4.78, 5) is 29.4. The predicted molar refractivity (Wildman–Crippen MR) is 173 cm³/mol. The van der Waals surface area contributed by atoms with Gasteiger partial charge in [0.25, 0.3) is 10.0 Å². The molecule has 4 aromatic carbocycles. The van der Waals surface area contributed by atoms with Crippen LogP contribution in [-0.4, -0.2) is 50.9 Å². The molecule has 45 heavy (non-hydrogen) atoms. The highest BCUT2D eigenvalue weighted by Crippen LogP contribution is 2.27. The summed E-state index contributed by atoms with van der Waals surface area (Å²) >= 11 is 0. The van der Waals surface area contributed by atoms with Crippen LogP contribution in [0.15, 0.2) is 108 Å². The quantitative estimate of drug-likeness (QED) is 0.210.